The fourth-order valence-corrected chi connectivity index (χ4v) is 4.03. The van der Waals surface area contributed by atoms with Crippen molar-refractivity contribution < 1.29 is 0 Å². The van der Waals surface area contributed by atoms with E-state index >= 15 is 0 Å². The van der Waals surface area contributed by atoms with E-state index in [9.17, 15) is 0 Å². The predicted octanol–water partition coefficient (Wildman–Crippen LogP) is 6.57. The van der Waals surface area contributed by atoms with E-state index in [1.165, 1.54) is 55.7 Å². The van der Waals surface area contributed by atoms with Crippen LogP contribution in [0.15, 0.2) is 47.5 Å². The zero-order valence-corrected chi connectivity index (χ0v) is 15.2. The van der Waals surface area contributed by atoms with Gasteiger partial charge in [-0.05, 0) is 104 Å². The molecule has 0 saturated carbocycles. The molecule has 3 rings (SSSR count). The van der Waals surface area contributed by atoms with E-state index in [0.717, 1.165) is 6.42 Å². The van der Waals surface area contributed by atoms with Gasteiger partial charge < -0.3 is 0 Å². The molecule has 2 aromatic rings. The second-order valence-electron chi connectivity index (χ2n) is 6.92. The smallest absolute Gasteiger partial charge is 0.000803 e. The Morgan fingerprint density at radius 2 is 0.826 bits per heavy atom. The second kappa shape index (κ2) is 5.85. The summed E-state index contributed by atoms with van der Waals surface area (Å²) in [4.78, 5) is 0. The topological polar surface area (TPSA) is 0 Å². The van der Waals surface area contributed by atoms with Gasteiger partial charge in [0.1, 0.15) is 0 Å². The van der Waals surface area contributed by atoms with E-state index in [2.05, 4.69) is 77.9 Å². The van der Waals surface area contributed by atoms with Crippen molar-refractivity contribution in [2.45, 2.75) is 48.0 Å². The number of aryl methyl sites for hydroxylation is 4. The lowest BCUT2D eigenvalue weighted by Gasteiger charge is -2.15. The number of benzene rings is 2. The minimum absolute atomic E-state index is 1.05. The first-order valence-electron chi connectivity index (χ1n) is 8.45. The molecule has 0 saturated heterocycles. The zero-order valence-electron chi connectivity index (χ0n) is 15.2. The molecule has 1 aliphatic rings. The Morgan fingerprint density at radius 3 is 1.13 bits per heavy atom. The molecule has 0 aliphatic heterocycles. The molecule has 118 valence electrons. The molecular weight excluding hydrogens is 276 g/mol. The maximum atomic E-state index is 2.29. The maximum Gasteiger partial charge on any atom is -0.000803 e. The van der Waals surface area contributed by atoms with Gasteiger partial charge in [-0.15, -0.1) is 0 Å². The van der Waals surface area contributed by atoms with Crippen molar-refractivity contribution >= 4 is 11.1 Å². The highest BCUT2D eigenvalue weighted by atomic mass is 14.3. The quantitative estimate of drug-likeness (QED) is 0.588. The van der Waals surface area contributed by atoms with Crippen LogP contribution < -0.4 is 0 Å². The summed E-state index contributed by atoms with van der Waals surface area (Å²) in [5.41, 5.74) is 14.4. The molecule has 0 aromatic heterocycles. The van der Waals surface area contributed by atoms with Gasteiger partial charge in [0.25, 0.3) is 0 Å². The highest BCUT2D eigenvalue weighted by molar-refractivity contribution is 5.94. The molecule has 0 unspecified atom stereocenters. The van der Waals surface area contributed by atoms with Crippen molar-refractivity contribution in [2.24, 2.45) is 0 Å². The lowest BCUT2D eigenvalue weighted by molar-refractivity contribution is 1.27. The standard InChI is InChI=1S/C23H26/c1-14-9-7-10-15(2)22(14)20-13-21(19(6)18(20)5)23-16(3)11-8-12-17(23)4/h7-12H,13H2,1-6H3. The normalized spacial score (nSPS) is 14.9. The van der Waals surface area contributed by atoms with Gasteiger partial charge in [0.15, 0.2) is 0 Å². The lowest BCUT2D eigenvalue weighted by Crippen LogP contribution is -1.95. The van der Waals surface area contributed by atoms with Crippen LogP contribution in [-0.2, 0) is 0 Å². The minimum atomic E-state index is 1.05. The van der Waals surface area contributed by atoms with Crippen molar-refractivity contribution in [1.29, 1.82) is 0 Å². The molecule has 0 atom stereocenters. The van der Waals surface area contributed by atoms with E-state index in [-0.39, 0.29) is 0 Å². The van der Waals surface area contributed by atoms with Crippen LogP contribution in [0.25, 0.3) is 11.1 Å². The Labute approximate surface area is 140 Å². The third-order valence-electron chi connectivity index (χ3n) is 5.39. The minimum Gasteiger partial charge on any atom is -0.0617 e. The number of allylic oxidation sites excluding steroid dienone is 4. The van der Waals surface area contributed by atoms with Gasteiger partial charge in [-0.25, -0.2) is 0 Å². The summed E-state index contributed by atoms with van der Waals surface area (Å²) < 4.78 is 0. The van der Waals surface area contributed by atoms with Crippen LogP contribution in [0.3, 0.4) is 0 Å². The Bertz CT molecular complexity index is 732. The van der Waals surface area contributed by atoms with Gasteiger partial charge in [0.05, 0.1) is 0 Å². The Balaban J connectivity index is 2.12. The van der Waals surface area contributed by atoms with Crippen LogP contribution in [0, 0.1) is 27.7 Å². The van der Waals surface area contributed by atoms with Gasteiger partial charge in [0.2, 0.25) is 0 Å². The first-order valence-corrected chi connectivity index (χ1v) is 8.45. The Morgan fingerprint density at radius 1 is 0.522 bits per heavy atom. The highest BCUT2D eigenvalue weighted by Gasteiger charge is 2.24. The summed E-state index contributed by atoms with van der Waals surface area (Å²) in [7, 11) is 0. The number of rotatable bonds is 2. The molecule has 23 heavy (non-hydrogen) atoms. The highest BCUT2D eigenvalue weighted by Crippen LogP contribution is 2.45. The van der Waals surface area contributed by atoms with Gasteiger partial charge in [-0.1, -0.05) is 36.4 Å². The van der Waals surface area contributed by atoms with E-state index in [1.54, 1.807) is 0 Å². The third kappa shape index (κ3) is 2.57. The van der Waals surface area contributed by atoms with E-state index in [1.807, 2.05) is 0 Å². The van der Waals surface area contributed by atoms with Crippen molar-refractivity contribution in [3.8, 4) is 0 Å². The van der Waals surface area contributed by atoms with E-state index in [4.69, 9.17) is 0 Å². The van der Waals surface area contributed by atoms with Crippen LogP contribution in [0.1, 0.15) is 53.6 Å². The van der Waals surface area contributed by atoms with E-state index < -0.39 is 0 Å². The summed E-state index contributed by atoms with van der Waals surface area (Å²) in [5.74, 6) is 0. The van der Waals surface area contributed by atoms with Gasteiger partial charge in [-0.2, -0.15) is 0 Å². The molecule has 0 heterocycles. The molecule has 0 nitrogen and oxygen atoms in total. The summed E-state index contributed by atoms with van der Waals surface area (Å²) >= 11 is 0. The summed E-state index contributed by atoms with van der Waals surface area (Å²) in [6.07, 6.45) is 1.05. The fourth-order valence-electron chi connectivity index (χ4n) is 4.03. The SMILES string of the molecule is CC1=C(c2c(C)cccc2C)CC(c2c(C)cccc2C)=C1C. The molecule has 0 heteroatoms. The molecule has 0 radical (unpaired) electrons. The predicted molar refractivity (Wildman–Crippen MR) is 102 cm³/mol. The average molecular weight is 302 g/mol. The fraction of sp³-hybridized carbons (Fsp3) is 0.304. The molecular formula is C23H26. The number of hydrogen-bond donors (Lipinski definition) is 0. The van der Waals surface area contributed by atoms with Crippen molar-refractivity contribution in [3.05, 3.63) is 80.9 Å². The second-order valence-corrected chi connectivity index (χ2v) is 6.92. The monoisotopic (exact) mass is 302 g/mol. The third-order valence-corrected chi connectivity index (χ3v) is 5.39. The molecule has 2 aromatic carbocycles. The van der Waals surface area contributed by atoms with Gasteiger partial charge in [-0.3, -0.25) is 0 Å². The molecule has 0 amide bonds. The largest absolute Gasteiger partial charge is 0.0617 e. The molecule has 0 fully saturated rings. The molecule has 0 spiro atoms. The Hall–Kier alpha value is -2.08. The van der Waals surface area contributed by atoms with Crippen molar-refractivity contribution in [3.63, 3.8) is 0 Å². The van der Waals surface area contributed by atoms with E-state index in [0.29, 0.717) is 0 Å². The van der Waals surface area contributed by atoms with Crippen molar-refractivity contribution in [1.82, 2.24) is 0 Å². The van der Waals surface area contributed by atoms with Gasteiger partial charge in [0, 0.05) is 0 Å². The average Bonchev–Trinajstić information content (AvgIpc) is 2.76. The van der Waals surface area contributed by atoms with Crippen molar-refractivity contribution in [2.75, 3.05) is 0 Å². The van der Waals surface area contributed by atoms with Crippen LogP contribution in [-0.4, -0.2) is 0 Å². The van der Waals surface area contributed by atoms with Crippen LogP contribution in [0.4, 0.5) is 0 Å². The Kier molecular flexibility index (Phi) is 4.02. The first kappa shape index (κ1) is 15.8. The zero-order chi connectivity index (χ0) is 16.7. The molecule has 1 aliphatic carbocycles. The van der Waals surface area contributed by atoms with Crippen LogP contribution >= 0.6 is 0 Å². The molecule has 0 N–H and O–H groups in total. The summed E-state index contributed by atoms with van der Waals surface area (Å²) in [6.45, 7) is 13.5. The summed E-state index contributed by atoms with van der Waals surface area (Å²) in [6, 6.07) is 13.2. The first-order chi connectivity index (χ1) is 10.9. The lowest BCUT2D eigenvalue weighted by atomic mass is 9.89. The number of hydrogen-bond acceptors (Lipinski definition) is 0. The summed E-state index contributed by atoms with van der Waals surface area (Å²) in [5, 5.41) is 0. The van der Waals surface area contributed by atoms with Crippen LogP contribution in [0.5, 0.6) is 0 Å². The van der Waals surface area contributed by atoms with Crippen LogP contribution in [0.2, 0.25) is 0 Å². The maximum absolute atomic E-state index is 2.29. The van der Waals surface area contributed by atoms with Gasteiger partial charge >= 0.3 is 0 Å². The molecule has 0 bridgehead atoms.